The lowest BCUT2D eigenvalue weighted by Crippen LogP contribution is -2.49. The average Bonchev–Trinajstić information content (AvgIpc) is 2.70. The van der Waals surface area contributed by atoms with E-state index in [1.807, 2.05) is 36.9 Å². The molecule has 5 nitrogen and oxygen atoms in total. The Morgan fingerprint density at radius 2 is 1.64 bits per heavy atom. The largest absolute Gasteiger partial charge is 0.368 e. The fraction of sp³-hybridized carbons (Fsp3) is 0.391. The van der Waals surface area contributed by atoms with Crippen molar-refractivity contribution in [1.82, 2.24) is 4.90 Å². The van der Waals surface area contributed by atoms with Gasteiger partial charge in [-0.2, -0.15) is 0 Å². The Morgan fingerprint density at radius 1 is 0.964 bits per heavy atom. The Hall–Kier alpha value is -2.82. The van der Waals surface area contributed by atoms with E-state index < -0.39 is 0 Å². The van der Waals surface area contributed by atoms with Crippen molar-refractivity contribution in [2.24, 2.45) is 5.92 Å². The Bertz CT molecular complexity index is 868. The summed E-state index contributed by atoms with van der Waals surface area (Å²) in [6, 6.07) is 13.6. The molecule has 148 valence electrons. The second kappa shape index (κ2) is 8.46. The van der Waals surface area contributed by atoms with Gasteiger partial charge in [0.05, 0.1) is 0 Å². The maximum atomic E-state index is 12.9. The number of carbonyl (C=O) groups excluding carboxylic acids is 2. The molecule has 0 aliphatic carbocycles. The second-order valence-corrected chi connectivity index (χ2v) is 7.72. The number of carbonyl (C=O) groups is 2. The fourth-order valence-corrected chi connectivity index (χ4v) is 3.43. The maximum Gasteiger partial charge on any atom is 0.254 e. The topological polar surface area (TPSA) is 52.6 Å². The molecule has 0 unspecified atom stereocenters. The monoisotopic (exact) mass is 379 g/mol. The first-order chi connectivity index (χ1) is 13.4. The van der Waals surface area contributed by atoms with Gasteiger partial charge in [-0.3, -0.25) is 9.59 Å². The lowest BCUT2D eigenvalue weighted by atomic mass is 10.1. The predicted molar refractivity (Wildman–Crippen MR) is 114 cm³/mol. The SMILES string of the molecule is Cc1cccc(N2CCN(C(=O)c3cccc(NC(=O)C(C)C)c3)CC2)c1C. The first kappa shape index (κ1) is 19.9. The van der Waals surface area contributed by atoms with Crippen molar-refractivity contribution >= 4 is 23.2 Å². The van der Waals surface area contributed by atoms with Crippen molar-refractivity contribution in [3.05, 3.63) is 59.2 Å². The third kappa shape index (κ3) is 4.35. The molecule has 1 aliphatic rings. The van der Waals surface area contributed by atoms with E-state index in [-0.39, 0.29) is 17.7 Å². The van der Waals surface area contributed by atoms with Crippen LogP contribution in [0.4, 0.5) is 11.4 Å². The van der Waals surface area contributed by atoms with E-state index in [4.69, 9.17) is 0 Å². The summed E-state index contributed by atoms with van der Waals surface area (Å²) in [6.07, 6.45) is 0. The van der Waals surface area contributed by atoms with Crippen LogP contribution in [0.2, 0.25) is 0 Å². The molecule has 1 fully saturated rings. The van der Waals surface area contributed by atoms with E-state index >= 15 is 0 Å². The third-order valence-electron chi connectivity index (χ3n) is 5.39. The zero-order valence-electron chi connectivity index (χ0n) is 17.2. The quantitative estimate of drug-likeness (QED) is 0.878. The summed E-state index contributed by atoms with van der Waals surface area (Å²) in [6.45, 7) is 11.0. The molecule has 1 saturated heterocycles. The Labute approximate surface area is 167 Å². The van der Waals surface area contributed by atoms with Crippen LogP contribution in [-0.4, -0.2) is 42.9 Å². The van der Waals surface area contributed by atoms with Crippen molar-refractivity contribution in [2.45, 2.75) is 27.7 Å². The standard InChI is InChI=1S/C23H29N3O2/c1-16(2)22(27)24-20-9-6-8-19(15-20)23(28)26-13-11-25(12-14-26)21-10-5-7-17(3)18(21)4/h5-10,15-16H,11-14H2,1-4H3,(H,24,27). The van der Waals surface area contributed by atoms with Crippen LogP contribution in [0.3, 0.4) is 0 Å². The van der Waals surface area contributed by atoms with Crippen LogP contribution in [0.1, 0.15) is 35.3 Å². The van der Waals surface area contributed by atoms with Crippen LogP contribution in [0.5, 0.6) is 0 Å². The van der Waals surface area contributed by atoms with E-state index in [9.17, 15) is 9.59 Å². The second-order valence-electron chi connectivity index (χ2n) is 7.72. The zero-order chi connectivity index (χ0) is 20.3. The highest BCUT2D eigenvalue weighted by atomic mass is 16.2. The summed E-state index contributed by atoms with van der Waals surface area (Å²) in [4.78, 5) is 29.1. The van der Waals surface area contributed by atoms with Gasteiger partial charge in [0.15, 0.2) is 0 Å². The predicted octanol–water partition coefficient (Wildman–Crippen LogP) is 3.86. The highest BCUT2D eigenvalue weighted by Crippen LogP contribution is 2.24. The smallest absolute Gasteiger partial charge is 0.254 e. The number of piperazine rings is 1. The van der Waals surface area contributed by atoms with Gasteiger partial charge >= 0.3 is 0 Å². The molecule has 3 rings (SSSR count). The van der Waals surface area contributed by atoms with Gasteiger partial charge in [-0.25, -0.2) is 0 Å². The molecule has 1 heterocycles. The van der Waals surface area contributed by atoms with Gasteiger partial charge < -0.3 is 15.1 Å². The van der Waals surface area contributed by atoms with E-state index in [1.165, 1.54) is 16.8 Å². The summed E-state index contributed by atoms with van der Waals surface area (Å²) in [7, 11) is 0. The van der Waals surface area contributed by atoms with Crippen LogP contribution in [0, 0.1) is 19.8 Å². The fourth-order valence-electron chi connectivity index (χ4n) is 3.43. The molecule has 0 saturated carbocycles. The number of anilines is 2. The van der Waals surface area contributed by atoms with Crippen LogP contribution in [0.25, 0.3) is 0 Å². The van der Waals surface area contributed by atoms with Gasteiger partial charge in [-0.15, -0.1) is 0 Å². The molecule has 0 atom stereocenters. The highest BCUT2D eigenvalue weighted by molar-refractivity contribution is 5.97. The third-order valence-corrected chi connectivity index (χ3v) is 5.39. The molecule has 0 bridgehead atoms. The van der Waals surface area contributed by atoms with E-state index in [0.29, 0.717) is 24.3 Å². The molecule has 0 aromatic heterocycles. The minimum Gasteiger partial charge on any atom is -0.368 e. The molecular formula is C23H29N3O2. The summed E-state index contributed by atoms with van der Waals surface area (Å²) >= 11 is 0. The molecule has 2 amide bonds. The maximum absolute atomic E-state index is 12.9. The van der Waals surface area contributed by atoms with E-state index in [0.717, 1.165) is 13.1 Å². The lowest BCUT2D eigenvalue weighted by Gasteiger charge is -2.37. The van der Waals surface area contributed by atoms with Gasteiger partial charge in [-0.1, -0.05) is 32.0 Å². The van der Waals surface area contributed by atoms with Gasteiger partial charge in [0, 0.05) is 49.0 Å². The molecule has 1 N–H and O–H groups in total. The molecule has 0 radical (unpaired) electrons. The Kier molecular flexibility index (Phi) is 6.02. The van der Waals surface area contributed by atoms with Crippen molar-refractivity contribution in [3.8, 4) is 0 Å². The van der Waals surface area contributed by atoms with Crippen LogP contribution < -0.4 is 10.2 Å². The average molecular weight is 380 g/mol. The molecule has 2 aromatic carbocycles. The number of nitrogens with one attached hydrogen (secondary N) is 1. The van der Waals surface area contributed by atoms with Gasteiger partial charge in [0.2, 0.25) is 5.91 Å². The molecule has 1 aliphatic heterocycles. The Morgan fingerprint density at radius 3 is 2.32 bits per heavy atom. The van der Waals surface area contributed by atoms with Crippen molar-refractivity contribution in [2.75, 3.05) is 36.4 Å². The molecule has 28 heavy (non-hydrogen) atoms. The van der Waals surface area contributed by atoms with Gasteiger partial charge in [0.1, 0.15) is 0 Å². The van der Waals surface area contributed by atoms with Gasteiger partial charge in [0.25, 0.3) is 5.91 Å². The molecule has 5 heteroatoms. The number of amides is 2. The molecule has 2 aromatic rings. The summed E-state index contributed by atoms with van der Waals surface area (Å²) in [5.74, 6) is -0.134. The highest BCUT2D eigenvalue weighted by Gasteiger charge is 2.23. The van der Waals surface area contributed by atoms with Crippen molar-refractivity contribution < 1.29 is 9.59 Å². The number of nitrogens with zero attached hydrogens (tertiary/aromatic N) is 2. The number of hydrogen-bond acceptors (Lipinski definition) is 3. The summed E-state index contributed by atoms with van der Waals surface area (Å²) in [5.41, 5.74) is 5.12. The number of benzene rings is 2. The van der Waals surface area contributed by atoms with Crippen LogP contribution in [-0.2, 0) is 4.79 Å². The number of aryl methyl sites for hydroxylation is 1. The molecule has 0 spiro atoms. The summed E-state index contributed by atoms with van der Waals surface area (Å²) < 4.78 is 0. The summed E-state index contributed by atoms with van der Waals surface area (Å²) in [5, 5.41) is 2.86. The van der Waals surface area contributed by atoms with Crippen molar-refractivity contribution in [3.63, 3.8) is 0 Å². The van der Waals surface area contributed by atoms with E-state index in [2.05, 4.69) is 42.3 Å². The van der Waals surface area contributed by atoms with Gasteiger partial charge in [-0.05, 0) is 49.2 Å². The normalized spacial score (nSPS) is 14.3. The first-order valence-electron chi connectivity index (χ1n) is 9.88. The lowest BCUT2D eigenvalue weighted by molar-refractivity contribution is -0.118. The Balaban J connectivity index is 1.65. The van der Waals surface area contributed by atoms with Crippen LogP contribution >= 0.6 is 0 Å². The number of hydrogen-bond donors (Lipinski definition) is 1. The molecular weight excluding hydrogens is 350 g/mol. The van der Waals surface area contributed by atoms with Crippen LogP contribution in [0.15, 0.2) is 42.5 Å². The number of rotatable bonds is 4. The van der Waals surface area contributed by atoms with E-state index in [1.54, 1.807) is 6.07 Å². The zero-order valence-corrected chi connectivity index (χ0v) is 17.2. The minimum atomic E-state index is -0.0995. The first-order valence-corrected chi connectivity index (χ1v) is 9.88. The minimum absolute atomic E-state index is 0.0151. The van der Waals surface area contributed by atoms with Crippen molar-refractivity contribution in [1.29, 1.82) is 0 Å².